The highest BCUT2D eigenvalue weighted by Crippen LogP contribution is 2.25. The van der Waals surface area contributed by atoms with Gasteiger partial charge in [0.15, 0.2) is 0 Å². The average molecular weight is 240 g/mol. The third kappa shape index (κ3) is 3.43. The summed E-state index contributed by atoms with van der Waals surface area (Å²) in [4.78, 5) is 2.62. The summed E-state index contributed by atoms with van der Waals surface area (Å²) in [5.74, 6) is 0.702. The van der Waals surface area contributed by atoms with Crippen LogP contribution in [-0.4, -0.2) is 48.8 Å². The Balaban J connectivity index is 1.85. The summed E-state index contributed by atoms with van der Waals surface area (Å²) in [6, 6.07) is 1.45. The van der Waals surface area contributed by atoms with Crippen molar-refractivity contribution >= 4 is 0 Å². The zero-order chi connectivity index (χ0) is 12.5. The maximum atomic E-state index is 5.60. The molecule has 2 unspecified atom stereocenters. The van der Waals surface area contributed by atoms with Gasteiger partial charge in [0.1, 0.15) is 0 Å². The molecule has 2 atom stereocenters. The van der Waals surface area contributed by atoms with E-state index in [1.165, 1.54) is 12.8 Å². The van der Waals surface area contributed by atoms with E-state index < -0.39 is 0 Å². The number of nitrogens with zero attached hydrogens (tertiary/aromatic N) is 1. The Labute approximate surface area is 106 Å². The van der Waals surface area contributed by atoms with Gasteiger partial charge in [0.2, 0.25) is 0 Å². The molecule has 0 aromatic heterocycles. The van der Waals surface area contributed by atoms with Gasteiger partial charge in [0.25, 0.3) is 0 Å². The minimum atomic E-state index is 0.186. The Kier molecular flexibility index (Phi) is 4.11. The van der Waals surface area contributed by atoms with Crippen molar-refractivity contribution in [1.29, 1.82) is 0 Å². The molecular weight excluding hydrogens is 212 g/mol. The maximum Gasteiger partial charge on any atom is 0.0645 e. The van der Waals surface area contributed by atoms with Gasteiger partial charge in [-0.25, -0.2) is 0 Å². The Morgan fingerprint density at radius 2 is 2.06 bits per heavy atom. The van der Waals surface area contributed by atoms with Crippen LogP contribution in [0.2, 0.25) is 0 Å². The summed E-state index contributed by atoms with van der Waals surface area (Å²) in [5.41, 5.74) is 0.186. The normalized spacial score (nSPS) is 28.9. The van der Waals surface area contributed by atoms with Gasteiger partial charge in [-0.1, -0.05) is 6.92 Å². The number of hydrogen-bond acceptors (Lipinski definition) is 3. The van der Waals surface area contributed by atoms with Crippen LogP contribution in [0.15, 0.2) is 0 Å². The molecule has 0 amide bonds. The second-order valence-corrected chi connectivity index (χ2v) is 6.46. The van der Waals surface area contributed by atoms with Crippen molar-refractivity contribution in [3.05, 3.63) is 0 Å². The molecule has 2 rings (SSSR count). The van der Waals surface area contributed by atoms with Crippen molar-refractivity contribution in [2.24, 2.45) is 5.92 Å². The highest BCUT2D eigenvalue weighted by atomic mass is 16.5. The first kappa shape index (κ1) is 13.3. The molecule has 0 aromatic carbocycles. The lowest BCUT2D eigenvalue weighted by molar-refractivity contribution is -0.0775. The van der Waals surface area contributed by atoms with Gasteiger partial charge in [-0.3, -0.25) is 4.90 Å². The van der Waals surface area contributed by atoms with Gasteiger partial charge in [-0.15, -0.1) is 0 Å². The van der Waals surface area contributed by atoms with Crippen LogP contribution >= 0.6 is 0 Å². The van der Waals surface area contributed by atoms with Crippen LogP contribution in [0.3, 0.4) is 0 Å². The third-order valence-corrected chi connectivity index (χ3v) is 4.33. The Bertz CT molecular complexity index is 251. The molecule has 3 nitrogen and oxygen atoms in total. The molecule has 100 valence electrons. The summed E-state index contributed by atoms with van der Waals surface area (Å²) in [6.07, 6.45) is 2.76. The van der Waals surface area contributed by atoms with E-state index in [2.05, 4.69) is 37.9 Å². The van der Waals surface area contributed by atoms with E-state index in [0.29, 0.717) is 12.0 Å². The van der Waals surface area contributed by atoms with Crippen LogP contribution in [0, 0.1) is 5.92 Å². The van der Waals surface area contributed by atoms with Crippen molar-refractivity contribution in [3.63, 3.8) is 0 Å². The molecule has 1 saturated heterocycles. The fourth-order valence-corrected chi connectivity index (χ4v) is 2.74. The summed E-state index contributed by atoms with van der Waals surface area (Å²) in [5, 5.41) is 3.65. The predicted molar refractivity (Wildman–Crippen MR) is 71.3 cm³/mol. The number of hydrogen-bond donors (Lipinski definition) is 1. The van der Waals surface area contributed by atoms with E-state index in [4.69, 9.17) is 4.74 Å². The number of morpholine rings is 1. The van der Waals surface area contributed by atoms with E-state index >= 15 is 0 Å². The van der Waals surface area contributed by atoms with Gasteiger partial charge in [-0.2, -0.15) is 0 Å². The van der Waals surface area contributed by atoms with Crippen LogP contribution in [0.4, 0.5) is 0 Å². The summed E-state index contributed by atoms with van der Waals surface area (Å²) in [7, 11) is 0. The highest BCUT2D eigenvalue weighted by Gasteiger charge is 2.35. The number of rotatable bonds is 5. The van der Waals surface area contributed by atoms with Crippen LogP contribution in [-0.2, 0) is 4.74 Å². The summed E-state index contributed by atoms with van der Waals surface area (Å²) < 4.78 is 5.60. The SMILES string of the molecule is CC(CNC1CC1)C(C)N1CCOCC1(C)C. The maximum absolute atomic E-state index is 5.60. The first-order chi connectivity index (χ1) is 8.00. The molecule has 2 aliphatic rings. The van der Waals surface area contributed by atoms with Crippen molar-refractivity contribution < 1.29 is 4.74 Å². The second kappa shape index (κ2) is 5.25. The molecule has 0 spiro atoms. The topological polar surface area (TPSA) is 24.5 Å². The predicted octanol–water partition coefficient (Wildman–Crippen LogP) is 1.87. The zero-order valence-electron chi connectivity index (χ0n) is 11.8. The Morgan fingerprint density at radius 1 is 1.35 bits per heavy atom. The van der Waals surface area contributed by atoms with Gasteiger partial charge in [-0.05, 0) is 46.1 Å². The van der Waals surface area contributed by atoms with Crippen molar-refractivity contribution in [1.82, 2.24) is 10.2 Å². The minimum absolute atomic E-state index is 0.186. The largest absolute Gasteiger partial charge is 0.378 e. The lowest BCUT2D eigenvalue weighted by atomic mass is 9.94. The molecule has 1 aliphatic heterocycles. The van der Waals surface area contributed by atoms with Crippen molar-refractivity contribution in [3.8, 4) is 0 Å². The summed E-state index contributed by atoms with van der Waals surface area (Å²) >= 11 is 0. The van der Waals surface area contributed by atoms with Gasteiger partial charge >= 0.3 is 0 Å². The fourth-order valence-electron chi connectivity index (χ4n) is 2.74. The molecule has 1 N–H and O–H groups in total. The van der Waals surface area contributed by atoms with E-state index in [0.717, 1.165) is 32.3 Å². The standard InChI is InChI=1S/C14H28N2O/c1-11(9-15-13-5-6-13)12(2)16-7-8-17-10-14(16,3)4/h11-13,15H,5-10H2,1-4H3. The molecular formula is C14H28N2O. The molecule has 0 bridgehead atoms. The molecule has 17 heavy (non-hydrogen) atoms. The lowest BCUT2D eigenvalue weighted by Gasteiger charge is -2.47. The summed E-state index contributed by atoms with van der Waals surface area (Å²) in [6.45, 7) is 13.3. The minimum Gasteiger partial charge on any atom is -0.378 e. The number of nitrogens with one attached hydrogen (secondary N) is 1. The second-order valence-electron chi connectivity index (χ2n) is 6.46. The van der Waals surface area contributed by atoms with Crippen molar-refractivity contribution in [2.75, 3.05) is 26.3 Å². The first-order valence-corrected chi connectivity index (χ1v) is 7.08. The molecule has 1 saturated carbocycles. The van der Waals surface area contributed by atoms with Crippen LogP contribution in [0.5, 0.6) is 0 Å². The Morgan fingerprint density at radius 3 is 2.65 bits per heavy atom. The van der Waals surface area contributed by atoms with E-state index in [-0.39, 0.29) is 5.54 Å². The third-order valence-electron chi connectivity index (χ3n) is 4.33. The first-order valence-electron chi connectivity index (χ1n) is 7.08. The van der Waals surface area contributed by atoms with Gasteiger partial charge in [0.05, 0.1) is 13.2 Å². The quantitative estimate of drug-likeness (QED) is 0.794. The average Bonchev–Trinajstić information content (AvgIpc) is 3.08. The van der Waals surface area contributed by atoms with E-state index in [9.17, 15) is 0 Å². The monoisotopic (exact) mass is 240 g/mol. The lowest BCUT2D eigenvalue weighted by Crippen LogP contribution is -2.58. The molecule has 1 heterocycles. The van der Waals surface area contributed by atoms with Crippen LogP contribution < -0.4 is 5.32 Å². The molecule has 2 fully saturated rings. The number of ether oxygens (including phenoxy) is 1. The highest BCUT2D eigenvalue weighted by molar-refractivity contribution is 4.90. The Hall–Kier alpha value is -0.120. The molecule has 1 aliphatic carbocycles. The molecule has 0 aromatic rings. The van der Waals surface area contributed by atoms with Crippen LogP contribution in [0.1, 0.15) is 40.5 Å². The zero-order valence-corrected chi connectivity index (χ0v) is 11.8. The molecule has 3 heteroatoms. The van der Waals surface area contributed by atoms with E-state index in [1.54, 1.807) is 0 Å². The van der Waals surface area contributed by atoms with Gasteiger partial charge < -0.3 is 10.1 Å². The fraction of sp³-hybridized carbons (Fsp3) is 1.00. The van der Waals surface area contributed by atoms with Crippen LogP contribution in [0.25, 0.3) is 0 Å². The van der Waals surface area contributed by atoms with E-state index in [1.807, 2.05) is 0 Å². The molecule has 0 radical (unpaired) electrons. The van der Waals surface area contributed by atoms with Crippen molar-refractivity contribution in [2.45, 2.75) is 58.2 Å². The van der Waals surface area contributed by atoms with Gasteiger partial charge in [0, 0.05) is 24.2 Å². The smallest absolute Gasteiger partial charge is 0.0645 e.